The second-order valence-corrected chi connectivity index (χ2v) is 1.34. The first-order valence-corrected chi connectivity index (χ1v) is 2.68. The molecule has 0 fully saturated rings. The van der Waals surface area contributed by atoms with Gasteiger partial charge in [0.2, 0.25) is 0 Å². The number of hydrogen-bond acceptors (Lipinski definition) is 0. The van der Waals surface area contributed by atoms with Crippen molar-refractivity contribution in [1.29, 1.82) is 0 Å². The van der Waals surface area contributed by atoms with Gasteiger partial charge in [-0.2, -0.15) is 42.3 Å². The molecule has 0 N–H and O–H groups in total. The molecule has 0 aromatic rings. The maximum atomic E-state index is 3.50. The molecule has 0 rings (SSSR count). The summed E-state index contributed by atoms with van der Waals surface area (Å²) in [4.78, 5) is 0. The molecule has 0 aliphatic heterocycles. The molecule has 4 nitrogen and oxygen atoms in total. The highest BCUT2D eigenvalue weighted by molar-refractivity contribution is 4.51. The first kappa shape index (κ1) is 22.6. The van der Waals surface area contributed by atoms with Crippen LogP contribution in [0.15, 0.2) is 0 Å². The normalized spacial score (nSPS) is 5.40. The molecule has 0 spiro atoms. The Hall–Kier alpha value is -0.410. The van der Waals surface area contributed by atoms with Crippen molar-refractivity contribution in [1.82, 2.24) is 6.15 Å². The van der Waals surface area contributed by atoms with Gasteiger partial charge in [0, 0.05) is 0 Å². The van der Waals surface area contributed by atoms with E-state index in [2.05, 4.69) is 16.0 Å². The maximum Gasteiger partial charge on any atom is 3.00 e. The molecular formula is C6H18N4. The van der Waals surface area contributed by atoms with Crippen LogP contribution in [0.3, 0.4) is 0 Å². The Morgan fingerprint density at radius 1 is 0.500 bits per heavy atom. The highest BCUT2D eigenvalue weighted by Crippen LogP contribution is 1.48. The van der Waals surface area contributed by atoms with Gasteiger partial charge in [-0.25, -0.2) is 0 Å². The molecule has 0 aromatic carbocycles. The van der Waals surface area contributed by atoms with Crippen molar-refractivity contribution >= 4 is 0 Å². The van der Waals surface area contributed by atoms with Gasteiger partial charge in [-0.15, -0.1) is 0 Å². The van der Waals surface area contributed by atoms with Gasteiger partial charge in [-0.3, -0.25) is 0 Å². The molecule has 0 amide bonds. The molecule has 0 atom stereocenters. The minimum Gasteiger partial charge on any atom is -0.668 e. The first-order valence-electron chi connectivity index (χ1n) is 2.68. The van der Waals surface area contributed by atoms with Gasteiger partial charge in [0.1, 0.15) is 0 Å². The summed E-state index contributed by atoms with van der Waals surface area (Å²) in [5.41, 5.74) is 0. The maximum absolute atomic E-state index is 3.50. The summed E-state index contributed by atoms with van der Waals surface area (Å²) in [6.07, 6.45) is 0. The van der Waals surface area contributed by atoms with E-state index in [1.165, 1.54) is 0 Å². The van der Waals surface area contributed by atoms with Crippen molar-refractivity contribution in [2.24, 2.45) is 0 Å². The minimum absolute atomic E-state index is 0. The summed E-state index contributed by atoms with van der Waals surface area (Å²) in [6, 6.07) is 0. The van der Waals surface area contributed by atoms with Gasteiger partial charge in [-0.05, 0) is 0 Å². The third-order valence-corrected chi connectivity index (χ3v) is 0. The fourth-order valence-corrected chi connectivity index (χ4v) is 0. The average molecular weight is 146 g/mol. The largest absolute Gasteiger partial charge is 3.00 e. The van der Waals surface area contributed by atoms with E-state index in [1.807, 2.05) is 0 Å². The molecule has 0 aromatic heterocycles. The van der Waals surface area contributed by atoms with E-state index < -0.39 is 0 Å². The van der Waals surface area contributed by atoms with Gasteiger partial charge in [0.25, 0.3) is 0 Å². The third kappa shape index (κ3) is 1960. The molecule has 62 valence electrons. The second kappa shape index (κ2) is 73.8. The van der Waals surface area contributed by atoms with Crippen molar-refractivity contribution in [2.45, 2.75) is 0 Å². The van der Waals surface area contributed by atoms with Crippen LogP contribution in [0.5, 0.6) is 0 Å². The summed E-state index contributed by atoms with van der Waals surface area (Å²) >= 11 is 0. The number of nitrogens with zero attached hydrogens (tertiary/aromatic N) is 4. The van der Waals surface area contributed by atoms with E-state index in [0.29, 0.717) is 0 Å². The highest BCUT2D eigenvalue weighted by atomic mass is 14.7. The summed E-state index contributed by atoms with van der Waals surface area (Å²) in [5, 5.41) is 10.5. The van der Waals surface area contributed by atoms with Crippen LogP contribution in [0.1, 0.15) is 0 Å². The van der Waals surface area contributed by atoms with Gasteiger partial charge in [0.15, 0.2) is 0 Å². The summed E-state index contributed by atoms with van der Waals surface area (Å²) in [7, 11) is 10.5. The summed E-state index contributed by atoms with van der Waals surface area (Å²) in [6.45, 7) is 0. The van der Waals surface area contributed by atoms with Crippen LogP contribution in [-0.2, 0) is 0 Å². The zero-order valence-electron chi connectivity index (χ0n) is 7.79. The average Bonchev–Trinajstić information content (AvgIpc) is 1.70. The lowest BCUT2D eigenvalue weighted by Crippen LogP contribution is -1.39. The molecule has 0 saturated carbocycles. The molecular weight excluding hydrogens is 128 g/mol. The number of hydrogen-bond donors (Lipinski definition) is 0. The molecule has 0 heterocycles. The smallest absolute Gasteiger partial charge is 0.668 e. The Kier molecular flexibility index (Phi) is 167. The Morgan fingerprint density at radius 2 is 0.500 bits per heavy atom. The van der Waals surface area contributed by atoms with Crippen LogP contribution >= 0.6 is 0 Å². The van der Waals surface area contributed by atoms with Crippen LogP contribution in [0.25, 0.3) is 16.0 Å². The van der Waals surface area contributed by atoms with Crippen LogP contribution in [0, 0.1) is 0 Å². The lowest BCUT2D eigenvalue weighted by Gasteiger charge is -1.85. The summed E-state index contributed by atoms with van der Waals surface area (Å²) < 4.78 is 0. The Labute approximate surface area is 65.4 Å². The molecule has 2 radical (unpaired) electrons. The van der Waals surface area contributed by atoms with Crippen molar-refractivity contribution in [3.63, 3.8) is 0 Å². The van der Waals surface area contributed by atoms with Crippen molar-refractivity contribution in [2.75, 3.05) is 42.3 Å². The van der Waals surface area contributed by atoms with Crippen LogP contribution < -0.4 is 6.15 Å². The predicted octanol–water partition coefficient (Wildman–Crippen LogP) is 1.38. The topological polar surface area (TPSA) is 72.8 Å². The van der Waals surface area contributed by atoms with Gasteiger partial charge < -0.3 is 16.0 Å². The third-order valence-electron chi connectivity index (χ3n) is 0. The molecule has 0 aliphatic rings. The first-order chi connectivity index (χ1) is 4.24. The quantitative estimate of drug-likeness (QED) is 0.495. The zero-order chi connectivity index (χ0) is 8.12. The van der Waals surface area contributed by atoms with Gasteiger partial charge in [0.05, 0.1) is 0 Å². The second-order valence-electron chi connectivity index (χ2n) is 1.34. The zero-order valence-corrected chi connectivity index (χ0v) is 7.79. The van der Waals surface area contributed by atoms with Gasteiger partial charge >= 0.3 is 6.15 Å². The van der Waals surface area contributed by atoms with Gasteiger partial charge in [-0.1, -0.05) is 0 Å². The predicted molar refractivity (Wildman–Crippen MR) is 47.8 cm³/mol. The van der Waals surface area contributed by atoms with Crippen molar-refractivity contribution in [3.05, 3.63) is 16.0 Å². The van der Waals surface area contributed by atoms with Crippen LogP contribution in [0.4, 0.5) is 0 Å². The highest BCUT2D eigenvalue weighted by Gasteiger charge is 3.00. The van der Waals surface area contributed by atoms with E-state index in [1.54, 1.807) is 42.3 Å². The number of rotatable bonds is 0. The lowest BCUT2D eigenvalue weighted by molar-refractivity contribution is 1.61. The monoisotopic (exact) mass is 146 g/mol. The SMILES string of the molecule is C[N-]C.C[N-]C.C[N-]C.[N+3]. The van der Waals surface area contributed by atoms with Crippen molar-refractivity contribution in [3.8, 4) is 0 Å². The van der Waals surface area contributed by atoms with Crippen LogP contribution in [-0.4, -0.2) is 42.3 Å². The Bertz CT molecular complexity index is 14.5. The molecule has 0 saturated heterocycles. The fraction of sp³-hybridized carbons (Fsp3) is 1.00. The molecule has 4 heteroatoms. The molecule has 0 aliphatic carbocycles. The van der Waals surface area contributed by atoms with E-state index in [0.717, 1.165) is 0 Å². The van der Waals surface area contributed by atoms with Crippen LogP contribution in [0.2, 0.25) is 0 Å². The minimum atomic E-state index is 0. The van der Waals surface area contributed by atoms with E-state index in [4.69, 9.17) is 0 Å². The molecule has 10 heavy (non-hydrogen) atoms. The molecule has 0 unspecified atom stereocenters. The standard InChI is InChI=1S/3C2H6N.N/c3*1-3-2;/h3*1-2H3;/q3*-1;+3. The van der Waals surface area contributed by atoms with E-state index >= 15 is 0 Å². The Morgan fingerprint density at radius 3 is 0.500 bits per heavy atom. The summed E-state index contributed by atoms with van der Waals surface area (Å²) in [5.74, 6) is 0. The van der Waals surface area contributed by atoms with E-state index in [-0.39, 0.29) is 6.15 Å². The lowest BCUT2D eigenvalue weighted by atomic mass is 11.3. The van der Waals surface area contributed by atoms with Crippen molar-refractivity contribution < 1.29 is 0 Å². The van der Waals surface area contributed by atoms with E-state index in [9.17, 15) is 0 Å². The Balaban J connectivity index is -0.0000000257. The molecule has 0 bridgehead atoms. The fourth-order valence-electron chi connectivity index (χ4n) is 0.